The van der Waals surface area contributed by atoms with E-state index in [2.05, 4.69) is 9.97 Å². The lowest BCUT2D eigenvalue weighted by atomic mass is 10.1. The lowest BCUT2D eigenvalue weighted by molar-refractivity contribution is -0.138. The van der Waals surface area contributed by atoms with E-state index in [4.69, 9.17) is 9.84 Å². The van der Waals surface area contributed by atoms with E-state index in [1.165, 1.54) is 0 Å². The molecule has 1 aliphatic heterocycles. The van der Waals surface area contributed by atoms with Gasteiger partial charge in [-0.15, -0.1) is 0 Å². The molecule has 3 rings (SSSR count). The molecule has 90 valence electrons. The third-order valence-corrected chi connectivity index (χ3v) is 3.54. The van der Waals surface area contributed by atoms with Crippen LogP contribution < -0.4 is 0 Å². The zero-order valence-corrected chi connectivity index (χ0v) is 9.43. The predicted molar refractivity (Wildman–Crippen MR) is 58.9 cm³/mol. The van der Waals surface area contributed by atoms with Gasteiger partial charge >= 0.3 is 5.97 Å². The maximum atomic E-state index is 11.1. The second-order valence-electron chi connectivity index (χ2n) is 4.63. The molecule has 0 radical (unpaired) electrons. The Balaban J connectivity index is 1.94. The number of carboxylic acid groups (broad SMARTS) is 1. The minimum absolute atomic E-state index is 0.232. The Kier molecular flexibility index (Phi) is 2.55. The Morgan fingerprint density at radius 2 is 2.35 bits per heavy atom. The molecular formula is C12H14N2O3. The Bertz CT molecular complexity index is 455. The number of fused-ring (bicyclic) bond motifs is 1. The molecule has 2 aliphatic rings. The molecule has 1 fully saturated rings. The van der Waals surface area contributed by atoms with Gasteiger partial charge in [0.15, 0.2) is 0 Å². The molecule has 0 aromatic carbocycles. The lowest BCUT2D eigenvalue weighted by Gasteiger charge is -2.09. The van der Waals surface area contributed by atoms with Crippen LogP contribution in [0.4, 0.5) is 0 Å². The van der Waals surface area contributed by atoms with E-state index in [1.807, 2.05) is 0 Å². The molecule has 1 N–H and O–H groups in total. The summed E-state index contributed by atoms with van der Waals surface area (Å²) < 4.78 is 5.31. The molecule has 1 aromatic heterocycles. The molecule has 2 atom stereocenters. The fourth-order valence-corrected chi connectivity index (χ4v) is 2.54. The minimum Gasteiger partial charge on any atom is -0.481 e. The van der Waals surface area contributed by atoms with Crippen LogP contribution in [-0.2, 0) is 16.0 Å². The molecule has 1 aliphatic carbocycles. The molecule has 1 saturated heterocycles. The summed E-state index contributed by atoms with van der Waals surface area (Å²) in [5, 5.41) is 9.13. The van der Waals surface area contributed by atoms with Gasteiger partial charge in [0, 0.05) is 18.7 Å². The van der Waals surface area contributed by atoms with Crippen LogP contribution in [0.2, 0.25) is 0 Å². The van der Waals surface area contributed by atoms with Crippen molar-refractivity contribution in [3.63, 3.8) is 0 Å². The summed E-state index contributed by atoms with van der Waals surface area (Å²) in [5.74, 6) is -0.255. The first-order chi connectivity index (χ1) is 8.25. The van der Waals surface area contributed by atoms with Gasteiger partial charge in [0.25, 0.3) is 0 Å². The maximum absolute atomic E-state index is 11.1. The normalized spacial score (nSPS) is 27.1. The van der Waals surface area contributed by atoms with Crippen molar-refractivity contribution in [1.29, 1.82) is 0 Å². The van der Waals surface area contributed by atoms with Crippen LogP contribution >= 0.6 is 0 Å². The van der Waals surface area contributed by atoms with E-state index in [-0.39, 0.29) is 5.92 Å². The summed E-state index contributed by atoms with van der Waals surface area (Å²) in [6.45, 7) is 1.39. The quantitative estimate of drug-likeness (QED) is 0.829. The molecule has 5 heteroatoms. The highest BCUT2D eigenvalue weighted by molar-refractivity contribution is 5.76. The second kappa shape index (κ2) is 4.07. The number of aromatic nitrogens is 2. The first kappa shape index (κ1) is 10.7. The molecule has 0 spiro atoms. The van der Waals surface area contributed by atoms with Gasteiger partial charge in [-0.3, -0.25) is 4.79 Å². The highest BCUT2D eigenvalue weighted by atomic mass is 16.5. The van der Waals surface area contributed by atoms with Crippen molar-refractivity contribution in [2.24, 2.45) is 0 Å². The number of ether oxygens (including phenoxy) is 1. The molecule has 0 bridgehead atoms. The van der Waals surface area contributed by atoms with Crippen LogP contribution in [0.15, 0.2) is 6.20 Å². The van der Waals surface area contributed by atoms with Crippen molar-refractivity contribution < 1.29 is 14.6 Å². The summed E-state index contributed by atoms with van der Waals surface area (Å²) in [5.41, 5.74) is 1.70. The van der Waals surface area contributed by atoms with Crippen LogP contribution in [0, 0.1) is 0 Å². The van der Waals surface area contributed by atoms with Crippen molar-refractivity contribution in [3.8, 4) is 0 Å². The molecule has 0 amide bonds. The van der Waals surface area contributed by atoms with Crippen LogP contribution in [0.1, 0.15) is 41.8 Å². The van der Waals surface area contributed by atoms with Crippen molar-refractivity contribution in [2.75, 3.05) is 13.2 Å². The number of nitrogens with zero attached hydrogens (tertiary/aromatic N) is 2. The summed E-state index contributed by atoms with van der Waals surface area (Å²) in [6.07, 6.45) is 4.13. The van der Waals surface area contributed by atoms with Crippen LogP contribution in [0.25, 0.3) is 0 Å². The van der Waals surface area contributed by atoms with Gasteiger partial charge < -0.3 is 9.84 Å². The summed E-state index contributed by atoms with van der Waals surface area (Å²) in [6, 6.07) is 0. The Morgan fingerprint density at radius 1 is 1.47 bits per heavy atom. The predicted octanol–water partition coefficient (Wildman–Crippen LogP) is 1.09. The highest BCUT2D eigenvalue weighted by Crippen LogP contribution is 2.33. The zero-order chi connectivity index (χ0) is 11.8. The number of hydrogen-bond acceptors (Lipinski definition) is 4. The second-order valence-corrected chi connectivity index (χ2v) is 4.63. The fraction of sp³-hybridized carbons (Fsp3) is 0.583. The van der Waals surface area contributed by atoms with Gasteiger partial charge in [-0.2, -0.15) is 0 Å². The monoisotopic (exact) mass is 234 g/mol. The Hall–Kier alpha value is -1.49. The molecule has 0 saturated carbocycles. The van der Waals surface area contributed by atoms with E-state index in [0.717, 1.165) is 36.5 Å². The number of rotatable bonds is 2. The number of carboxylic acids is 1. The van der Waals surface area contributed by atoms with Crippen LogP contribution in [-0.4, -0.2) is 34.3 Å². The molecule has 17 heavy (non-hydrogen) atoms. The van der Waals surface area contributed by atoms with Crippen molar-refractivity contribution >= 4 is 5.97 Å². The molecule has 2 heterocycles. The summed E-state index contributed by atoms with van der Waals surface area (Å²) in [4.78, 5) is 19.9. The number of carbonyl (C=O) groups is 1. The van der Waals surface area contributed by atoms with E-state index in [1.54, 1.807) is 6.20 Å². The van der Waals surface area contributed by atoms with E-state index in [0.29, 0.717) is 13.0 Å². The third kappa shape index (κ3) is 1.80. The van der Waals surface area contributed by atoms with Crippen molar-refractivity contribution in [3.05, 3.63) is 23.3 Å². The Morgan fingerprint density at radius 3 is 3.06 bits per heavy atom. The van der Waals surface area contributed by atoms with Gasteiger partial charge in [-0.25, -0.2) is 9.97 Å². The van der Waals surface area contributed by atoms with Gasteiger partial charge in [0.1, 0.15) is 5.82 Å². The third-order valence-electron chi connectivity index (χ3n) is 3.54. The topological polar surface area (TPSA) is 72.3 Å². The van der Waals surface area contributed by atoms with Crippen LogP contribution in [0.3, 0.4) is 0 Å². The van der Waals surface area contributed by atoms with Crippen LogP contribution in [0.5, 0.6) is 0 Å². The molecule has 2 unspecified atom stereocenters. The number of hydrogen-bond donors (Lipinski definition) is 1. The smallest absolute Gasteiger partial charge is 0.312 e. The standard InChI is InChI=1S/C12H14N2O3/c15-12(16)9-2-1-7-5-13-11(14-10(7)9)8-3-4-17-6-8/h5,8-9H,1-4,6H2,(H,15,16). The number of aliphatic carboxylic acids is 1. The number of aryl methyl sites for hydroxylation is 1. The van der Waals surface area contributed by atoms with Gasteiger partial charge in [0.05, 0.1) is 18.2 Å². The Labute approximate surface area is 98.8 Å². The minimum atomic E-state index is -0.781. The largest absolute Gasteiger partial charge is 0.481 e. The van der Waals surface area contributed by atoms with E-state index < -0.39 is 11.9 Å². The first-order valence-corrected chi connectivity index (χ1v) is 5.92. The van der Waals surface area contributed by atoms with Crippen molar-refractivity contribution in [2.45, 2.75) is 31.1 Å². The van der Waals surface area contributed by atoms with Crippen molar-refractivity contribution in [1.82, 2.24) is 9.97 Å². The fourth-order valence-electron chi connectivity index (χ4n) is 2.54. The first-order valence-electron chi connectivity index (χ1n) is 5.92. The summed E-state index contributed by atoms with van der Waals surface area (Å²) >= 11 is 0. The average Bonchev–Trinajstić information content (AvgIpc) is 2.97. The van der Waals surface area contributed by atoms with E-state index >= 15 is 0 Å². The SMILES string of the molecule is O=C(O)C1CCc2cnc(C3CCOC3)nc21. The maximum Gasteiger partial charge on any atom is 0.312 e. The average molecular weight is 234 g/mol. The lowest BCUT2D eigenvalue weighted by Crippen LogP contribution is -2.12. The molecule has 5 nitrogen and oxygen atoms in total. The van der Waals surface area contributed by atoms with Gasteiger partial charge in [0.2, 0.25) is 0 Å². The van der Waals surface area contributed by atoms with E-state index in [9.17, 15) is 4.79 Å². The van der Waals surface area contributed by atoms with Gasteiger partial charge in [-0.05, 0) is 24.8 Å². The zero-order valence-electron chi connectivity index (χ0n) is 9.43. The van der Waals surface area contributed by atoms with Gasteiger partial charge in [-0.1, -0.05) is 0 Å². The summed E-state index contributed by atoms with van der Waals surface area (Å²) in [7, 11) is 0. The highest BCUT2D eigenvalue weighted by Gasteiger charge is 2.32. The molecular weight excluding hydrogens is 220 g/mol. The molecule has 1 aromatic rings.